The molecule has 0 rings (SSSR count). The van der Waals surface area contributed by atoms with Crippen molar-refractivity contribution in [3.05, 3.63) is 0 Å². The molecule has 0 aliphatic rings. The molecule has 0 bridgehead atoms. The van der Waals surface area contributed by atoms with Gasteiger partial charge in [0.15, 0.2) is 0 Å². The first-order valence-corrected chi connectivity index (χ1v) is 5.47. The third kappa shape index (κ3) is 8.39. The SMILES string of the molecule is CCOCCC(=O)NCC(C)(C)CCO. The molecular formula is C11H23NO3. The maximum absolute atomic E-state index is 11.3. The van der Waals surface area contributed by atoms with E-state index in [4.69, 9.17) is 9.84 Å². The summed E-state index contributed by atoms with van der Waals surface area (Å²) >= 11 is 0. The zero-order valence-corrected chi connectivity index (χ0v) is 10.0. The number of ether oxygens (including phenoxy) is 1. The van der Waals surface area contributed by atoms with E-state index in [-0.39, 0.29) is 17.9 Å². The quantitative estimate of drug-likeness (QED) is 0.595. The number of amides is 1. The van der Waals surface area contributed by atoms with Crippen LogP contribution < -0.4 is 5.32 Å². The summed E-state index contributed by atoms with van der Waals surface area (Å²) in [5.41, 5.74) is -0.0456. The van der Waals surface area contributed by atoms with E-state index in [9.17, 15) is 4.79 Å². The van der Waals surface area contributed by atoms with Crippen LogP contribution in [0.1, 0.15) is 33.6 Å². The van der Waals surface area contributed by atoms with Gasteiger partial charge in [-0.25, -0.2) is 0 Å². The zero-order valence-electron chi connectivity index (χ0n) is 10.0. The van der Waals surface area contributed by atoms with Crippen LogP contribution in [0.15, 0.2) is 0 Å². The predicted molar refractivity (Wildman–Crippen MR) is 59.6 cm³/mol. The van der Waals surface area contributed by atoms with E-state index >= 15 is 0 Å². The van der Waals surface area contributed by atoms with Gasteiger partial charge in [0.1, 0.15) is 0 Å². The lowest BCUT2D eigenvalue weighted by Gasteiger charge is -2.23. The Hall–Kier alpha value is -0.610. The minimum absolute atomic E-state index is 0.00876. The number of rotatable bonds is 8. The summed E-state index contributed by atoms with van der Waals surface area (Å²) in [4.78, 5) is 11.3. The molecule has 0 fully saturated rings. The summed E-state index contributed by atoms with van der Waals surface area (Å²) in [5.74, 6) is 0.00876. The van der Waals surface area contributed by atoms with E-state index in [0.29, 0.717) is 32.6 Å². The monoisotopic (exact) mass is 217 g/mol. The zero-order chi connectivity index (χ0) is 11.7. The Labute approximate surface area is 92.0 Å². The highest BCUT2D eigenvalue weighted by molar-refractivity contribution is 5.75. The molecule has 0 aliphatic carbocycles. The first-order chi connectivity index (χ1) is 7.02. The van der Waals surface area contributed by atoms with E-state index in [1.54, 1.807) is 0 Å². The highest BCUT2D eigenvalue weighted by atomic mass is 16.5. The molecule has 90 valence electrons. The summed E-state index contributed by atoms with van der Waals surface area (Å²) < 4.78 is 5.08. The Balaban J connectivity index is 3.60. The van der Waals surface area contributed by atoms with Crippen molar-refractivity contribution in [2.24, 2.45) is 5.41 Å². The topological polar surface area (TPSA) is 58.6 Å². The molecule has 0 spiro atoms. The molecule has 0 aromatic carbocycles. The molecular weight excluding hydrogens is 194 g/mol. The van der Waals surface area contributed by atoms with E-state index in [1.165, 1.54) is 0 Å². The molecule has 0 radical (unpaired) electrons. The van der Waals surface area contributed by atoms with Crippen molar-refractivity contribution in [1.29, 1.82) is 0 Å². The molecule has 0 saturated heterocycles. The maximum Gasteiger partial charge on any atom is 0.222 e. The Kier molecular flexibility index (Phi) is 7.34. The first-order valence-electron chi connectivity index (χ1n) is 5.47. The average Bonchev–Trinajstić information content (AvgIpc) is 2.15. The standard InChI is InChI=1S/C11H23NO3/c1-4-15-8-5-10(14)12-9-11(2,3)6-7-13/h13H,4-9H2,1-3H3,(H,12,14). The van der Waals surface area contributed by atoms with Gasteiger partial charge in [0, 0.05) is 26.2 Å². The number of aliphatic hydroxyl groups excluding tert-OH is 1. The molecule has 0 atom stereocenters. The van der Waals surface area contributed by atoms with Crippen LogP contribution in [0.25, 0.3) is 0 Å². The van der Waals surface area contributed by atoms with Crippen LogP contribution >= 0.6 is 0 Å². The van der Waals surface area contributed by atoms with Gasteiger partial charge in [-0.3, -0.25) is 4.79 Å². The highest BCUT2D eigenvalue weighted by Gasteiger charge is 2.17. The maximum atomic E-state index is 11.3. The molecule has 0 aliphatic heterocycles. The van der Waals surface area contributed by atoms with Crippen LogP contribution in [0, 0.1) is 5.41 Å². The number of hydrogen-bond donors (Lipinski definition) is 2. The molecule has 0 saturated carbocycles. The second kappa shape index (κ2) is 7.65. The lowest BCUT2D eigenvalue weighted by Crippen LogP contribution is -2.34. The lowest BCUT2D eigenvalue weighted by atomic mass is 9.90. The molecule has 15 heavy (non-hydrogen) atoms. The summed E-state index contributed by atoms with van der Waals surface area (Å²) in [6, 6.07) is 0. The van der Waals surface area contributed by atoms with E-state index in [0.717, 1.165) is 0 Å². The van der Waals surface area contributed by atoms with Gasteiger partial charge >= 0.3 is 0 Å². The number of carbonyl (C=O) groups is 1. The summed E-state index contributed by atoms with van der Waals surface area (Å²) in [7, 11) is 0. The summed E-state index contributed by atoms with van der Waals surface area (Å²) in [6.07, 6.45) is 1.10. The smallest absolute Gasteiger partial charge is 0.222 e. The number of carbonyl (C=O) groups excluding carboxylic acids is 1. The average molecular weight is 217 g/mol. The summed E-state index contributed by atoms with van der Waals surface area (Å²) in [6.45, 7) is 7.81. The minimum atomic E-state index is -0.0456. The van der Waals surface area contributed by atoms with Crippen molar-refractivity contribution in [1.82, 2.24) is 5.32 Å². The van der Waals surface area contributed by atoms with Crippen LogP contribution in [0.4, 0.5) is 0 Å². The summed E-state index contributed by atoms with van der Waals surface area (Å²) in [5, 5.41) is 11.6. The Morgan fingerprint density at radius 1 is 1.47 bits per heavy atom. The second-order valence-electron chi connectivity index (χ2n) is 4.36. The third-order valence-corrected chi connectivity index (χ3v) is 2.23. The van der Waals surface area contributed by atoms with E-state index in [1.807, 2.05) is 20.8 Å². The van der Waals surface area contributed by atoms with Crippen LogP contribution in [0.2, 0.25) is 0 Å². The van der Waals surface area contributed by atoms with Gasteiger partial charge in [0.25, 0.3) is 0 Å². The van der Waals surface area contributed by atoms with Gasteiger partial charge in [0.05, 0.1) is 6.61 Å². The van der Waals surface area contributed by atoms with Gasteiger partial charge < -0.3 is 15.2 Å². The van der Waals surface area contributed by atoms with Crippen molar-refractivity contribution in [3.63, 3.8) is 0 Å². The molecule has 1 amide bonds. The fourth-order valence-electron chi connectivity index (χ4n) is 1.13. The Morgan fingerprint density at radius 2 is 2.13 bits per heavy atom. The molecule has 0 aromatic heterocycles. The van der Waals surface area contributed by atoms with Crippen molar-refractivity contribution in [2.75, 3.05) is 26.4 Å². The van der Waals surface area contributed by atoms with Gasteiger partial charge in [-0.1, -0.05) is 13.8 Å². The second-order valence-corrected chi connectivity index (χ2v) is 4.36. The fourth-order valence-corrected chi connectivity index (χ4v) is 1.13. The van der Waals surface area contributed by atoms with Crippen LogP contribution in [0.3, 0.4) is 0 Å². The largest absolute Gasteiger partial charge is 0.396 e. The molecule has 0 unspecified atom stereocenters. The lowest BCUT2D eigenvalue weighted by molar-refractivity contribution is -0.122. The Bertz CT molecular complexity index is 181. The Morgan fingerprint density at radius 3 is 2.67 bits per heavy atom. The molecule has 0 aromatic rings. The van der Waals surface area contributed by atoms with Crippen molar-refractivity contribution in [3.8, 4) is 0 Å². The van der Waals surface area contributed by atoms with Crippen molar-refractivity contribution < 1.29 is 14.6 Å². The molecule has 2 N–H and O–H groups in total. The van der Waals surface area contributed by atoms with Crippen LogP contribution in [0.5, 0.6) is 0 Å². The normalized spacial score (nSPS) is 11.5. The fraction of sp³-hybridized carbons (Fsp3) is 0.909. The van der Waals surface area contributed by atoms with Gasteiger partial charge in [-0.15, -0.1) is 0 Å². The highest BCUT2D eigenvalue weighted by Crippen LogP contribution is 2.17. The van der Waals surface area contributed by atoms with Gasteiger partial charge in [-0.05, 0) is 18.8 Å². The van der Waals surface area contributed by atoms with Crippen LogP contribution in [-0.4, -0.2) is 37.4 Å². The number of aliphatic hydroxyl groups is 1. The van der Waals surface area contributed by atoms with E-state index < -0.39 is 0 Å². The van der Waals surface area contributed by atoms with E-state index in [2.05, 4.69) is 5.32 Å². The molecule has 4 heteroatoms. The first kappa shape index (κ1) is 14.4. The number of hydrogen-bond acceptors (Lipinski definition) is 3. The van der Waals surface area contributed by atoms with Crippen molar-refractivity contribution in [2.45, 2.75) is 33.6 Å². The van der Waals surface area contributed by atoms with Gasteiger partial charge in [-0.2, -0.15) is 0 Å². The molecule has 0 heterocycles. The minimum Gasteiger partial charge on any atom is -0.396 e. The number of nitrogens with one attached hydrogen (secondary N) is 1. The van der Waals surface area contributed by atoms with Crippen molar-refractivity contribution >= 4 is 5.91 Å². The van der Waals surface area contributed by atoms with Crippen LogP contribution in [-0.2, 0) is 9.53 Å². The van der Waals surface area contributed by atoms with Gasteiger partial charge in [0.2, 0.25) is 5.91 Å². The predicted octanol–water partition coefficient (Wildman–Crippen LogP) is 0.938. The third-order valence-electron chi connectivity index (χ3n) is 2.23. The molecule has 4 nitrogen and oxygen atoms in total.